The van der Waals surface area contributed by atoms with Crippen LogP contribution in [0.25, 0.3) is 10.6 Å². The number of hydrogen-bond donors (Lipinski definition) is 1. The monoisotopic (exact) mass is 336 g/mol. The van der Waals surface area contributed by atoms with E-state index in [4.69, 9.17) is 0 Å². The summed E-state index contributed by atoms with van der Waals surface area (Å²) in [6, 6.07) is 3.67. The first kappa shape index (κ1) is 16.1. The van der Waals surface area contributed by atoms with Gasteiger partial charge in [-0.1, -0.05) is 25.3 Å². The Morgan fingerprint density at radius 2 is 1.91 bits per heavy atom. The Kier molecular flexibility index (Phi) is 5.00. The van der Waals surface area contributed by atoms with Crippen LogP contribution < -0.4 is 5.32 Å². The molecular weight excluding hydrogens is 318 g/mol. The molecule has 0 unspecified atom stereocenters. The fourth-order valence-electron chi connectivity index (χ4n) is 2.91. The van der Waals surface area contributed by atoms with E-state index in [0.29, 0.717) is 12.5 Å². The van der Waals surface area contributed by atoms with Crippen molar-refractivity contribution >= 4 is 17.2 Å². The maximum atomic E-state index is 13.8. The molecule has 0 aliphatic heterocycles. The number of carbonyl (C=O) groups is 1. The summed E-state index contributed by atoms with van der Waals surface area (Å²) in [7, 11) is 0. The smallest absolute Gasteiger partial charge is 0.270 e. The van der Waals surface area contributed by atoms with E-state index in [1.54, 1.807) is 0 Å². The molecule has 1 saturated carbocycles. The SMILES string of the molecule is O=C(NCC1CCCCC1)c1csc(-c2c(F)cccc2F)n1. The van der Waals surface area contributed by atoms with Gasteiger partial charge in [-0.25, -0.2) is 13.8 Å². The normalized spacial score (nSPS) is 15.6. The molecule has 0 radical (unpaired) electrons. The highest BCUT2D eigenvalue weighted by atomic mass is 32.1. The second kappa shape index (κ2) is 7.17. The Hall–Kier alpha value is -1.82. The van der Waals surface area contributed by atoms with Gasteiger partial charge in [-0.3, -0.25) is 4.79 Å². The first-order chi connectivity index (χ1) is 11.1. The number of halogens is 2. The number of hydrogen-bond acceptors (Lipinski definition) is 3. The Balaban J connectivity index is 1.67. The van der Waals surface area contributed by atoms with Gasteiger partial charge in [-0.15, -0.1) is 11.3 Å². The predicted octanol–water partition coefficient (Wildman–Crippen LogP) is 4.40. The zero-order chi connectivity index (χ0) is 16.2. The van der Waals surface area contributed by atoms with Gasteiger partial charge < -0.3 is 5.32 Å². The minimum Gasteiger partial charge on any atom is -0.350 e. The molecule has 122 valence electrons. The van der Waals surface area contributed by atoms with Crippen LogP contribution in [0.4, 0.5) is 8.78 Å². The quantitative estimate of drug-likeness (QED) is 0.899. The average Bonchev–Trinajstić information content (AvgIpc) is 3.03. The molecule has 1 aromatic heterocycles. The van der Waals surface area contributed by atoms with Crippen LogP contribution >= 0.6 is 11.3 Å². The molecule has 0 spiro atoms. The van der Waals surface area contributed by atoms with Crippen LogP contribution in [0.3, 0.4) is 0 Å². The van der Waals surface area contributed by atoms with E-state index in [1.165, 1.54) is 42.8 Å². The molecule has 1 fully saturated rings. The minimum absolute atomic E-state index is 0.177. The lowest BCUT2D eigenvalue weighted by Crippen LogP contribution is -2.30. The molecule has 1 N–H and O–H groups in total. The molecule has 6 heteroatoms. The van der Waals surface area contributed by atoms with Crippen molar-refractivity contribution in [3.8, 4) is 10.6 Å². The summed E-state index contributed by atoms with van der Waals surface area (Å²) >= 11 is 1.07. The van der Waals surface area contributed by atoms with Gasteiger partial charge in [0.05, 0.1) is 5.56 Å². The average molecular weight is 336 g/mol. The maximum Gasteiger partial charge on any atom is 0.270 e. The van der Waals surface area contributed by atoms with Gasteiger partial charge in [-0.2, -0.15) is 0 Å². The predicted molar refractivity (Wildman–Crippen MR) is 86.4 cm³/mol. The molecule has 23 heavy (non-hydrogen) atoms. The van der Waals surface area contributed by atoms with Crippen LogP contribution in [0.1, 0.15) is 42.6 Å². The van der Waals surface area contributed by atoms with E-state index in [0.717, 1.165) is 24.2 Å². The lowest BCUT2D eigenvalue weighted by Gasteiger charge is -2.21. The lowest BCUT2D eigenvalue weighted by atomic mass is 9.89. The highest BCUT2D eigenvalue weighted by molar-refractivity contribution is 7.13. The van der Waals surface area contributed by atoms with Gasteiger partial charge in [0, 0.05) is 11.9 Å². The van der Waals surface area contributed by atoms with E-state index in [9.17, 15) is 13.6 Å². The Morgan fingerprint density at radius 1 is 1.22 bits per heavy atom. The molecule has 3 rings (SSSR count). The number of benzene rings is 1. The Labute approximate surface area is 137 Å². The summed E-state index contributed by atoms with van der Waals surface area (Å²) in [5, 5.41) is 4.60. The highest BCUT2D eigenvalue weighted by Gasteiger charge is 2.19. The molecule has 0 bridgehead atoms. The van der Waals surface area contributed by atoms with Crippen molar-refractivity contribution in [3.05, 3.63) is 40.9 Å². The third-order valence-electron chi connectivity index (χ3n) is 4.19. The van der Waals surface area contributed by atoms with Crippen LogP contribution in [0.2, 0.25) is 0 Å². The second-order valence-corrected chi connectivity index (χ2v) is 6.71. The maximum absolute atomic E-state index is 13.8. The zero-order valence-corrected chi connectivity index (χ0v) is 13.5. The van der Waals surface area contributed by atoms with Gasteiger partial charge in [0.1, 0.15) is 22.3 Å². The molecule has 0 saturated heterocycles. The standard InChI is InChI=1S/C17H18F2N2OS/c18-12-7-4-8-13(19)15(12)17-21-14(10-23-17)16(22)20-9-11-5-2-1-3-6-11/h4,7-8,10-11H,1-3,5-6,9H2,(H,20,22). The number of thiazole rings is 1. The van der Waals surface area contributed by atoms with Crippen molar-refractivity contribution in [1.82, 2.24) is 10.3 Å². The van der Waals surface area contributed by atoms with Gasteiger partial charge in [0.15, 0.2) is 0 Å². The minimum atomic E-state index is -0.673. The molecule has 1 aromatic carbocycles. The zero-order valence-electron chi connectivity index (χ0n) is 12.6. The highest BCUT2D eigenvalue weighted by Crippen LogP contribution is 2.29. The molecular formula is C17H18F2N2OS. The van der Waals surface area contributed by atoms with E-state index in [-0.39, 0.29) is 22.2 Å². The van der Waals surface area contributed by atoms with E-state index < -0.39 is 11.6 Å². The summed E-state index contributed by atoms with van der Waals surface area (Å²) in [5.74, 6) is -1.10. The van der Waals surface area contributed by atoms with Crippen molar-refractivity contribution in [3.63, 3.8) is 0 Å². The fraction of sp³-hybridized carbons (Fsp3) is 0.412. The number of nitrogens with zero attached hydrogens (tertiary/aromatic N) is 1. The summed E-state index contributed by atoms with van der Waals surface area (Å²) in [5.41, 5.74) is 0.0345. The molecule has 2 aromatic rings. The van der Waals surface area contributed by atoms with Crippen molar-refractivity contribution in [2.24, 2.45) is 5.92 Å². The van der Waals surface area contributed by atoms with Crippen LogP contribution in [-0.4, -0.2) is 17.4 Å². The van der Waals surface area contributed by atoms with Gasteiger partial charge in [0.2, 0.25) is 0 Å². The Bertz CT molecular complexity index is 675. The van der Waals surface area contributed by atoms with E-state index in [1.807, 2.05) is 0 Å². The van der Waals surface area contributed by atoms with Gasteiger partial charge in [0.25, 0.3) is 5.91 Å². The van der Waals surface area contributed by atoms with E-state index >= 15 is 0 Å². The van der Waals surface area contributed by atoms with Crippen LogP contribution in [0.15, 0.2) is 23.6 Å². The first-order valence-electron chi connectivity index (χ1n) is 7.83. The van der Waals surface area contributed by atoms with Crippen molar-refractivity contribution < 1.29 is 13.6 Å². The summed E-state index contributed by atoms with van der Waals surface area (Å²) in [4.78, 5) is 16.2. The summed E-state index contributed by atoms with van der Waals surface area (Å²) in [6.45, 7) is 0.639. The van der Waals surface area contributed by atoms with Crippen LogP contribution in [0.5, 0.6) is 0 Å². The third kappa shape index (κ3) is 3.75. The van der Waals surface area contributed by atoms with Crippen molar-refractivity contribution in [2.75, 3.05) is 6.54 Å². The number of nitrogens with one attached hydrogen (secondary N) is 1. The second-order valence-electron chi connectivity index (χ2n) is 5.85. The van der Waals surface area contributed by atoms with Crippen LogP contribution in [-0.2, 0) is 0 Å². The number of amides is 1. The number of carbonyl (C=O) groups excluding carboxylic acids is 1. The topological polar surface area (TPSA) is 42.0 Å². The Morgan fingerprint density at radius 3 is 2.61 bits per heavy atom. The van der Waals surface area contributed by atoms with Gasteiger partial charge in [-0.05, 0) is 30.9 Å². The van der Waals surface area contributed by atoms with Crippen molar-refractivity contribution in [1.29, 1.82) is 0 Å². The largest absolute Gasteiger partial charge is 0.350 e. The molecule has 3 nitrogen and oxygen atoms in total. The number of aromatic nitrogens is 1. The molecule has 0 atom stereocenters. The first-order valence-corrected chi connectivity index (χ1v) is 8.71. The summed E-state index contributed by atoms with van der Waals surface area (Å²) in [6.07, 6.45) is 5.99. The molecule has 1 aliphatic carbocycles. The third-order valence-corrected chi connectivity index (χ3v) is 5.05. The van der Waals surface area contributed by atoms with Crippen molar-refractivity contribution in [2.45, 2.75) is 32.1 Å². The lowest BCUT2D eigenvalue weighted by molar-refractivity contribution is 0.0939. The molecule has 1 heterocycles. The van der Waals surface area contributed by atoms with Crippen LogP contribution in [0, 0.1) is 17.6 Å². The van der Waals surface area contributed by atoms with E-state index in [2.05, 4.69) is 10.3 Å². The molecule has 1 aliphatic rings. The number of rotatable bonds is 4. The van der Waals surface area contributed by atoms with Gasteiger partial charge >= 0.3 is 0 Å². The molecule has 1 amide bonds. The summed E-state index contributed by atoms with van der Waals surface area (Å²) < 4.78 is 27.5. The fourth-order valence-corrected chi connectivity index (χ4v) is 3.76.